The smallest absolute Gasteiger partial charge is 0.0915 e. The molecule has 0 bridgehead atoms. The lowest BCUT2D eigenvalue weighted by Gasteiger charge is -2.26. The van der Waals surface area contributed by atoms with Gasteiger partial charge in [-0.05, 0) is 38.0 Å². The highest BCUT2D eigenvalue weighted by molar-refractivity contribution is 6.38. The molecule has 1 rings (SSSR count). The molecule has 1 aromatic rings. The lowest BCUT2D eigenvalue weighted by Crippen LogP contribution is -2.40. The van der Waals surface area contributed by atoms with E-state index in [9.17, 15) is 5.11 Å². The van der Waals surface area contributed by atoms with E-state index in [2.05, 4.69) is 26.1 Å². The van der Waals surface area contributed by atoms with Crippen molar-refractivity contribution >= 4 is 28.9 Å². The first kappa shape index (κ1) is 15.6. The van der Waals surface area contributed by atoms with Crippen molar-refractivity contribution in [2.45, 2.75) is 38.8 Å². The summed E-state index contributed by atoms with van der Waals surface area (Å²) >= 11 is 11.9. The van der Waals surface area contributed by atoms with Gasteiger partial charge < -0.3 is 16.2 Å². The number of hydrogen-bond acceptors (Lipinski definition) is 3. The molecule has 0 heterocycles. The van der Waals surface area contributed by atoms with E-state index in [1.165, 1.54) is 0 Å². The van der Waals surface area contributed by atoms with Crippen molar-refractivity contribution in [1.82, 2.24) is 5.32 Å². The first-order valence-corrected chi connectivity index (χ1v) is 6.70. The SMILES string of the molecule is CCC(C)(C)NC[C@@H](O)c1cc(Cl)c(N)c(Cl)c1. The Balaban J connectivity index is 2.76. The van der Waals surface area contributed by atoms with E-state index in [0.717, 1.165) is 6.42 Å². The molecule has 18 heavy (non-hydrogen) atoms. The fourth-order valence-electron chi connectivity index (χ4n) is 1.41. The highest BCUT2D eigenvalue weighted by Gasteiger charge is 2.18. The molecule has 3 nitrogen and oxygen atoms in total. The summed E-state index contributed by atoms with van der Waals surface area (Å²) < 4.78 is 0. The topological polar surface area (TPSA) is 58.3 Å². The second kappa shape index (κ2) is 6.11. The van der Waals surface area contributed by atoms with Gasteiger partial charge in [0.2, 0.25) is 0 Å². The van der Waals surface area contributed by atoms with Crippen LogP contribution >= 0.6 is 23.2 Å². The zero-order valence-electron chi connectivity index (χ0n) is 10.9. The number of nitrogens with two attached hydrogens (primary N) is 1. The molecular formula is C13H20Cl2N2O. The number of rotatable bonds is 5. The van der Waals surface area contributed by atoms with Crippen LogP contribution in [-0.2, 0) is 0 Å². The van der Waals surface area contributed by atoms with Crippen LogP contribution in [0.1, 0.15) is 38.9 Å². The van der Waals surface area contributed by atoms with Crippen molar-refractivity contribution in [3.63, 3.8) is 0 Å². The van der Waals surface area contributed by atoms with Crippen LogP contribution in [-0.4, -0.2) is 17.2 Å². The van der Waals surface area contributed by atoms with Gasteiger partial charge in [-0.15, -0.1) is 0 Å². The van der Waals surface area contributed by atoms with E-state index < -0.39 is 6.10 Å². The Bertz CT molecular complexity index is 398. The molecule has 0 unspecified atom stereocenters. The third-order valence-corrected chi connectivity index (χ3v) is 3.77. The van der Waals surface area contributed by atoms with Gasteiger partial charge in [0.15, 0.2) is 0 Å². The van der Waals surface area contributed by atoms with Crippen molar-refractivity contribution in [1.29, 1.82) is 0 Å². The summed E-state index contributed by atoms with van der Waals surface area (Å²) in [6, 6.07) is 3.29. The van der Waals surface area contributed by atoms with Gasteiger partial charge in [0.05, 0.1) is 21.8 Å². The van der Waals surface area contributed by atoms with Crippen molar-refractivity contribution in [2.75, 3.05) is 12.3 Å². The van der Waals surface area contributed by atoms with Gasteiger partial charge in [0.25, 0.3) is 0 Å². The predicted molar refractivity (Wildman–Crippen MR) is 78.2 cm³/mol. The van der Waals surface area contributed by atoms with Crippen LogP contribution in [0.5, 0.6) is 0 Å². The number of aliphatic hydroxyl groups excluding tert-OH is 1. The quantitative estimate of drug-likeness (QED) is 0.729. The lowest BCUT2D eigenvalue weighted by molar-refractivity contribution is 0.160. The average Bonchev–Trinajstić information content (AvgIpc) is 2.32. The van der Waals surface area contributed by atoms with Crippen molar-refractivity contribution < 1.29 is 5.11 Å². The maximum absolute atomic E-state index is 10.1. The van der Waals surface area contributed by atoms with Crippen LogP contribution in [0.25, 0.3) is 0 Å². The minimum atomic E-state index is -0.661. The van der Waals surface area contributed by atoms with Crippen LogP contribution in [0.2, 0.25) is 10.0 Å². The molecule has 102 valence electrons. The molecule has 0 aliphatic carbocycles. The highest BCUT2D eigenvalue weighted by atomic mass is 35.5. The van der Waals surface area contributed by atoms with Crippen LogP contribution in [0.4, 0.5) is 5.69 Å². The van der Waals surface area contributed by atoms with Crippen molar-refractivity contribution in [3.05, 3.63) is 27.7 Å². The van der Waals surface area contributed by atoms with Crippen LogP contribution in [0.15, 0.2) is 12.1 Å². The lowest BCUT2D eigenvalue weighted by atomic mass is 10.0. The zero-order valence-corrected chi connectivity index (χ0v) is 12.4. The third-order valence-electron chi connectivity index (χ3n) is 3.14. The Morgan fingerprint density at radius 1 is 1.33 bits per heavy atom. The number of β-amino-alcohol motifs (C(OH)–C–C–N with tert-alkyl or cyclic N) is 1. The predicted octanol–water partition coefficient (Wildman–Crippen LogP) is 3.39. The molecule has 0 spiro atoms. The molecule has 0 aromatic heterocycles. The molecule has 5 heteroatoms. The number of halogens is 2. The number of nitrogen functional groups attached to an aromatic ring is 1. The number of aliphatic hydroxyl groups is 1. The Labute approximate surface area is 118 Å². The molecule has 1 aromatic carbocycles. The molecule has 0 saturated carbocycles. The van der Waals surface area contributed by atoms with E-state index >= 15 is 0 Å². The highest BCUT2D eigenvalue weighted by Crippen LogP contribution is 2.31. The van der Waals surface area contributed by atoms with E-state index in [0.29, 0.717) is 27.8 Å². The first-order chi connectivity index (χ1) is 8.26. The summed E-state index contributed by atoms with van der Waals surface area (Å²) in [4.78, 5) is 0. The van der Waals surface area contributed by atoms with Crippen LogP contribution in [0, 0.1) is 0 Å². The zero-order chi connectivity index (χ0) is 13.9. The van der Waals surface area contributed by atoms with E-state index in [4.69, 9.17) is 28.9 Å². The fraction of sp³-hybridized carbons (Fsp3) is 0.538. The van der Waals surface area contributed by atoms with Gasteiger partial charge in [-0.2, -0.15) is 0 Å². The van der Waals surface area contributed by atoms with E-state index in [1.807, 2.05) is 0 Å². The Morgan fingerprint density at radius 2 is 1.83 bits per heavy atom. The second-order valence-corrected chi connectivity index (χ2v) is 5.85. The van der Waals surface area contributed by atoms with E-state index in [1.54, 1.807) is 12.1 Å². The third kappa shape index (κ3) is 4.02. The molecule has 0 aliphatic heterocycles. The summed E-state index contributed by atoms with van der Waals surface area (Å²) in [6.45, 7) is 6.71. The monoisotopic (exact) mass is 290 g/mol. The Hall–Kier alpha value is -0.480. The Morgan fingerprint density at radius 3 is 2.28 bits per heavy atom. The standard InChI is InChI=1S/C13H20Cl2N2O/c1-4-13(2,3)17-7-11(18)8-5-9(14)12(16)10(15)6-8/h5-6,11,17-18H,4,7,16H2,1-3H3/t11-/m1/s1. The summed E-state index contributed by atoms with van der Waals surface area (Å²) in [5, 5.41) is 14.1. The molecule has 0 fully saturated rings. The largest absolute Gasteiger partial charge is 0.396 e. The van der Waals surface area contributed by atoms with Crippen molar-refractivity contribution in [2.24, 2.45) is 0 Å². The summed E-state index contributed by atoms with van der Waals surface area (Å²) in [5.41, 5.74) is 6.65. The van der Waals surface area contributed by atoms with Gasteiger partial charge in [0.1, 0.15) is 0 Å². The molecule has 0 saturated heterocycles. The molecule has 0 aliphatic rings. The van der Waals surface area contributed by atoms with Gasteiger partial charge in [0, 0.05) is 12.1 Å². The normalized spacial score (nSPS) is 13.7. The number of anilines is 1. The fourth-order valence-corrected chi connectivity index (χ4v) is 1.92. The van der Waals surface area contributed by atoms with Crippen LogP contribution < -0.4 is 11.1 Å². The molecule has 1 atom stereocenters. The maximum atomic E-state index is 10.1. The Kier molecular flexibility index (Phi) is 5.29. The van der Waals surface area contributed by atoms with Gasteiger partial charge >= 0.3 is 0 Å². The number of nitrogens with one attached hydrogen (secondary N) is 1. The number of hydrogen-bond donors (Lipinski definition) is 3. The average molecular weight is 291 g/mol. The molecule has 0 radical (unpaired) electrons. The van der Waals surface area contributed by atoms with Gasteiger partial charge in [-0.3, -0.25) is 0 Å². The minimum absolute atomic E-state index is 0.0115. The van der Waals surface area contributed by atoms with Crippen molar-refractivity contribution in [3.8, 4) is 0 Å². The van der Waals surface area contributed by atoms with Gasteiger partial charge in [-0.1, -0.05) is 30.1 Å². The molecule has 0 amide bonds. The first-order valence-electron chi connectivity index (χ1n) is 5.94. The number of benzene rings is 1. The summed E-state index contributed by atoms with van der Waals surface area (Å²) in [6.07, 6.45) is 0.314. The minimum Gasteiger partial charge on any atom is -0.396 e. The second-order valence-electron chi connectivity index (χ2n) is 5.03. The summed E-state index contributed by atoms with van der Waals surface area (Å²) in [5.74, 6) is 0. The molecule has 4 N–H and O–H groups in total. The molecular weight excluding hydrogens is 271 g/mol. The maximum Gasteiger partial charge on any atom is 0.0915 e. The van der Waals surface area contributed by atoms with Crippen LogP contribution in [0.3, 0.4) is 0 Å². The summed E-state index contributed by atoms with van der Waals surface area (Å²) in [7, 11) is 0. The van der Waals surface area contributed by atoms with Gasteiger partial charge in [-0.25, -0.2) is 0 Å². The van der Waals surface area contributed by atoms with E-state index in [-0.39, 0.29) is 5.54 Å².